The quantitative estimate of drug-likeness (QED) is 0.879. The highest BCUT2D eigenvalue weighted by molar-refractivity contribution is 9.10. The van der Waals surface area contributed by atoms with E-state index in [1.807, 2.05) is 6.07 Å². The van der Waals surface area contributed by atoms with Crippen molar-refractivity contribution in [1.82, 2.24) is 0 Å². The molecule has 0 aliphatic heterocycles. The molecule has 3 N–H and O–H groups in total. The Balaban J connectivity index is 2.54. The Kier molecular flexibility index (Phi) is 2.48. The van der Waals surface area contributed by atoms with E-state index in [-0.39, 0.29) is 11.2 Å². The van der Waals surface area contributed by atoms with Gasteiger partial charge < -0.3 is 15.6 Å². The Labute approximate surface area is 104 Å². The lowest BCUT2D eigenvalue weighted by molar-refractivity contribution is 0.363. The number of rotatable bonds is 2. The number of ether oxygens (including phenoxy) is 1. The smallest absolute Gasteiger partial charge is 0.162 e. The third kappa shape index (κ3) is 1.52. The number of phenols is 1. The van der Waals surface area contributed by atoms with E-state index >= 15 is 0 Å². The van der Waals surface area contributed by atoms with Crippen molar-refractivity contribution >= 4 is 15.9 Å². The van der Waals surface area contributed by atoms with Gasteiger partial charge in [0.15, 0.2) is 11.5 Å². The van der Waals surface area contributed by atoms with Crippen molar-refractivity contribution in [1.29, 1.82) is 0 Å². The molecule has 1 saturated carbocycles. The molecule has 3 nitrogen and oxygen atoms in total. The number of phenolic OH excluding ortho intramolecular Hbond substituents is 1. The number of methoxy groups -OCH3 is 1. The summed E-state index contributed by atoms with van der Waals surface area (Å²) in [4.78, 5) is 0. The molecule has 1 aliphatic rings. The third-order valence-electron chi connectivity index (χ3n) is 3.54. The fourth-order valence-electron chi connectivity index (χ4n) is 2.18. The molecule has 0 heterocycles. The fraction of sp³-hybridized carbons (Fsp3) is 0.500. The van der Waals surface area contributed by atoms with Crippen LogP contribution in [0, 0.1) is 5.41 Å². The molecule has 1 aromatic rings. The normalized spacial score (nSPS) is 26.6. The van der Waals surface area contributed by atoms with E-state index in [9.17, 15) is 5.11 Å². The van der Waals surface area contributed by atoms with Gasteiger partial charge in [0.25, 0.3) is 0 Å². The molecule has 0 saturated heterocycles. The van der Waals surface area contributed by atoms with Crippen molar-refractivity contribution < 1.29 is 9.84 Å². The average Bonchev–Trinajstić information content (AvgIpc) is 2.70. The van der Waals surface area contributed by atoms with Gasteiger partial charge in [-0.2, -0.15) is 0 Å². The van der Waals surface area contributed by atoms with Crippen molar-refractivity contribution in [3.05, 3.63) is 22.2 Å². The van der Waals surface area contributed by atoms with Gasteiger partial charge in [0.1, 0.15) is 0 Å². The lowest BCUT2D eigenvalue weighted by Crippen LogP contribution is -2.25. The summed E-state index contributed by atoms with van der Waals surface area (Å²) in [5, 5.41) is 10.1. The van der Waals surface area contributed by atoms with Gasteiger partial charge >= 0.3 is 0 Å². The van der Waals surface area contributed by atoms with E-state index in [1.54, 1.807) is 6.07 Å². The van der Waals surface area contributed by atoms with Crippen LogP contribution in [-0.4, -0.2) is 12.2 Å². The molecule has 1 atom stereocenters. The lowest BCUT2D eigenvalue weighted by Gasteiger charge is -2.19. The molecular weight excluding hydrogens is 270 g/mol. The summed E-state index contributed by atoms with van der Waals surface area (Å²) in [5.74, 6) is 0.607. The van der Waals surface area contributed by atoms with Crippen LogP contribution in [0.1, 0.15) is 25.8 Å². The van der Waals surface area contributed by atoms with Crippen molar-refractivity contribution in [2.75, 3.05) is 7.11 Å². The van der Waals surface area contributed by atoms with Crippen LogP contribution in [0.15, 0.2) is 16.6 Å². The Morgan fingerprint density at radius 2 is 2.00 bits per heavy atom. The second-order valence-corrected chi connectivity index (χ2v) is 5.95. The van der Waals surface area contributed by atoms with Gasteiger partial charge in [-0.3, -0.25) is 0 Å². The maximum Gasteiger partial charge on any atom is 0.162 e. The molecule has 1 fully saturated rings. The molecule has 88 valence electrons. The molecule has 1 unspecified atom stereocenters. The molecule has 2 rings (SSSR count). The minimum absolute atomic E-state index is 0.0241. The van der Waals surface area contributed by atoms with E-state index in [4.69, 9.17) is 10.5 Å². The number of hydrogen-bond acceptors (Lipinski definition) is 3. The molecule has 4 heteroatoms. The van der Waals surface area contributed by atoms with Crippen LogP contribution in [0.25, 0.3) is 0 Å². The summed E-state index contributed by atoms with van der Waals surface area (Å²) >= 11 is 3.40. The van der Waals surface area contributed by atoms with Crippen molar-refractivity contribution in [3.8, 4) is 11.5 Å². The van der Waals surface area contributed by atoms with Crippen molar-refractivity contribution in [3.63, 3.8) is 0 Å². The van der Waals surface area contributed by atoms with Crippen LogP contribution in [-0.2, 0) is 5.54 Å². The van der Waals surface area contributed by atoms with E-state index in [1.165, 1.54) is 7.11 Å². The minimum Gasteiger partial charge on any atom is -0.504 e. The summed E-state index contributed by atoms with van der Waals surface area (Å²) in [5.41, 5.74) is 6.63. The molecule has 0 bridgehead atoms. The fourth-order valence-corrected chi connectivity index (χ4v) is 2.62. The maximum atomic E-state index is 10.1. The molecule has 0 radical (unpaired) electrons. The van der Waals surface area contributed by atoms with E-state index < -0.39 is 5.54 Å². The molecule has 1 aliphatic carbocycles. The van der Waals surface area contributed by atoms with Crippen LogP contribution in [0.4, 0.5) is 0 Å². The average molecular weight is 286 g/mol. The van der Waals surface area contributed by atoms with E-state index in [0.29, 0.717) is 5.75 Å². The second-order valence-electron chi connectivity index (χ2n) is 5.04. The Hall–Kier alpha value is -0.740. The van der Waals surface area contributed by atoms with Gasteiger partial charge in [-0.1, -0.05) is 29.8 Å². The first kappa shape index (κ1) is 11.7. The van der Waals surface area contributed by atoms with Crippen LogP contribution >= 0.6 is 15.9 Å². The number of hydrogen-bond donors (Lipinski definition) is 2. The second kappa shape index (κ2) is 3.37. The predicted octanol–water partition coefficient (Wildman–Crippen LogP) is 2.75. The largest absolute Gasteiger partial charge is 0.504 e. The zero-order chi connectivity index (χ0) is 12.1. The summed E-state index contributed by atoms with van der Waals surface area (Å²) in [6.45, 7) is 4.19. The number of aromatic hydroxyl groups is 1. The number of benzene rings is 1. The molecule has 0 amide bonds. The molecule has 16 heavy (non-hydrogen) atoms. The van der Waals surface area contributed by atoms with Crippen molar-refractivity contribution in [2.24, 2.45) is 11.1 Å². The number of halogens is 1. The summed E-state index contributed by atoms with van der Waals surface area (Å²) in [6, 6.07) is 3.60. The van der Waals surface area contributed by atoms with Gasteiger partial charge in [0, 0.05) is 10.0 Å². The molecule has 0 aromatic heterocycles. The Bertz CT molecular complexity index is 445. The van der Waals surface area contributed by atoms with Crippen molar-refractivity contribution in [2.45, 2.75) is 25.8 Å². The molecule has 0 spiro atoms. The van der Waals surface area contributed by atoms with Crippen LogP contribution in [0.5, 0.6) is 11.5 Å². The summed E-state index contributed by atoms with van der Waals surface area (Å²) in [6.07, 6.45) is 0.868. The SMILES string of the molecule is COc1cc(Br)cc(C2(N)CC2(C)C)c1O. The first-order chi connectivity index (χ1) is 7.32. The maximum absolute atomic E-state index is 10.1. The summed E-state index contributed by atoms with van der Waals surface area (Å²) in [7, 11) is 1.53. The highest BCUT2D eigenvalue weighted by Gasteiger charge is 2.60. The van der Waals surface area contributed by atoms with Gasteiger partial charge in [-0.05, 0) is 24.0 Å². The van der Waals surface area contributed by atoms with Crippen LogP contribution < -0.4 is 10.5 Å². The first-order valence-corrected chi connectivity index (χ1v) is 5.97. The van der Waals surface area contributed by atoms with Crippen LogP contribution in [0.3, 0.4) is 0 Å². The van der Waals surface area contributed by atoms with E-state index in [0.717, 1.165) is 16.5 Å². The third-order valence-corrected chi connectivity index (χ3v) is 4.00. The highest BCUT2D eigenvalue weighted by atomic mass is 79.9. The number of nitrogens with two attached hydrogens (primary N) is 1. The Morgan fingerprint density at radius 3 is 2.44 bits per heavy atom. The zero-order valence-electron chi connectivity index (χ0n) is 9.67. The monoisotopic (exact) mass is 285 g/mol. The standard InChI is InChI=1S/C12H16BrNO2/c1-11(2)6-12(11,14)8-4-7(13)5-9(16-3)10(8)15/h4-5,15H,6,14H2,1-3H3. The summed E-state index contributed by atoms with van der Waals surface area (Å²) < 4.78 is 5.99. The van der Waals surface area contributed by atoms with E-state index in [2.05, 4.69) is 29.8 Å². The van der Waals surface area contributed by atoms with Gasteiger partial charge in [-0.25, -0.2) is 0 Å². The minimum atomic E-state index is -0.450. The topological polar surface area (TPSA) is 55.5 Å². The lowest BCUT2D eigenvalue weighted by atomic mass is 9.96. The van der Waals surface area contributed by atoms with Gasteiger partial charge in [0.05, 0.1) is 12.6 Å². The molecular formula is C12H16BrNO2. The molecule has 1 aromatic carbocycles. The van der Waals surface area contributed by atoms with Gasteiger partial charge in [-0.15, -0.1) is 0 Å². The van der Waals surface area contributed by atoms with Crippen LogP contribution in [0.2, 0.25) is 0 Å². The Morgan fingerprint density at radius 1 is 1.44 bits per heavy atom. The highest BCUT2D eigenvalue weighted by Crippen LogP contribution is 2.63. The zero-order valence-corrected chi connectivity index (χ0v) is 11.3. The van der Waals surface area contributed by atoms with Gasteiger partial charge in [0.2, 0.25) is 0 Å². The predicted molar refractivity (Wildman–Crippen MR) is 66.6 cm³/mol. The first-order valence-electron chi connectivity index (χ1n) is 5.18.